The Labute approximate surface area is 167 Å². The van der Waals surface area contributed by atoms with E-state index in [0.29, 0.717) is 42.4 Å². The molecular weight excluding hydrogens is 382 g/mol. The molecule has 0 saturated carbocycles. The summed E-state index contributed by atoms with van der Waals surface area (Å²) in [5.74, 6) is -0.688. The molecule has 0 aromatic heterocycles. The van der Waals surface area contributed by atoms with Crippen LogP contribution in [0.25, 0.3) is 0 Å². The van der Waals surface area contributed by atoms with Crippen molar-refractivity contribution in [3.8, 4) is 0 Å². The van der Waals surface area contributed by atoms with Gasteiger partial charge in [0.25, 0.3) is 11.8 Å². The minimum absolute atomic E-state index is 0.287. The van der Waals surface area contributed by atoms with Crippen molar-refractivity contribution in [3.63, 3.8) is 0 Å². The number of carbonyl (C=O) groups is 3. The Morgan fingerprint density at radius 1 is 1.11 bits per heavy atom. The molecule has 2 N–H and O–H groups in total. The number of nitrogens with one attached hydrogen (secondary N) is 2. The highest BCUT2D eigenvalue weighted by molar-refractivity contribution is 6.30. The van der Waals surface area contributed by atoms with Crippen molar-refractivity contribution in [3.05, 3.63) is 64.2 Å². The molecule has 0 saturated heterocycles. The number of hydrogen-bond acceptors (Lipinski definition) is 4. The SMILES string of the molecule is COCCCN1C(=O)c2ccc(NC(=O)NCc3cccc(Cl)c3)cc2C1=O. The summed E-state index contributed by atoms with van der Waals surface area (Å²) in [5, 5.41) is 5.99. The van der Waals surface area contributed by atoms with Gasteiger partial charge in [-0.1, -0.05) is 23.7 Å². The van der Waals surface area contributed by atoms with Crippen LogP contribution in [0.3, 0.4) is 0 Å². The summed E-state index contributed by atoms with van der Waals surface area (Å²) in [6.45, 7) is 1.07. The monoisotopic (exact) mass is 401 g/mol. The van der Waals surface area contributed by atoms with Crippen LogP contribution < -0.4 is 10.6 Å². The molecule has 2 aromatic carbocycles. The topological polar surface area (TPSA) is 87.7 Å². The number of hydrogen-bond donors (Lipinski definition) is 2. The van der Waals surface area contributed by atoms with Crippen LogP contribution in [-0.2, 0) is 11.3 Å². The number of methoxy groups -OCH3 is 1. The Morgan fingerprint density at radius 2 is 1.89 bits per heavy atom. The van der Waals surface area contributed by atoms with Gasteiger partial charge < -0.3 is 15.4 Å². The molecule has 3 rings (SSSR count). The molecule has 1 aliphatic rings. The van der Waals surface area contributed by atoms with E-state index in [9.17, 15) is 14.4 Å². The first kappa shape index (κ1) is 19.9. The minimum atomic E-state index is -0.423. The van der Waals surface area contributed by atoms with Crippen molar-refractivity contribution < 1.29 is 19.1 Å². The highest BCUT2D eigenvalue weighted by Crippen LogP contribution is 2.26. The Bertz CT molecular complexity index is 916. The number of anilines is 1. The fraction of sp³-hybridized carbons (Fsp3) is 0.250. The Morgan fingerprint density at radius 3 is 2.64 bits per heavy atom. The van der Waals surface area contributed by atoms with Gasteiger partial charge >= 0.3 is 6.03 Å². The fourth-order valence-electron chi connectivity index (χ4n) is 2.94. The zero-order chi connectivity index (χ0) is 20.1. The third kappa shape index (κ3) is 4.49. The van der Waals surface area contributed by atoms with Gasteiger partial charge in [0.2, 0.25) is 0 Å². The third-order valence-electron chi connectivity index (χ3n) is 4.30. The molecule has 0 aliphatic carbocycles. The number of carbonyl (C=O) groups excluding carboxylic acids is 3. The van der Waals surface area contributed by atoms with Crippen LogP contribution in [0.5, 0.6) is 0 Å². The van der Waals surface area contributed by atoms with E-state index in [1.807, 2.05) is 6.07 Å². The first-order chi connectivity index (χ1) is 13.5. The van der Waals surface area contributed by atoms with Gasteiger partial charge in [-0.3, -0.25) is 14.5 Å². The fourth-order valence-corrected chi connectivity index (χ4v) is 3.16. The molecular formula is C20H20ClN3O4. The van der Waals surface area contributed by atoms with Crippen LogP contribution in [0.1, 0.15) is 32.7 Å². The Balaban J connectivity index is 1.62. The predicted molar refractivity (Wildman–Crippen MR) is 106 cm³/mol. The van der Waals surface area contributed by atoms with Gasteiger partial charge in [0.1, 0.15) is 0 Å². The molecule has 0 bridgehead atoms. The van der Waals surface area contributed by atoms with Crippen LogP contribution in [0.4, 0.5) is 10.5 Å². The minimum Gasteiger partial charge on any atom is -0.385 e. The van der Waals surface area contributed by atoms with E-state index in [-0.39, 0.29) is 17.4 Å². The van der Waals surface area contributed by atoms with Gasteiger partial charge in [0.05, 0.1) is 11.1 Å². The van der Waals surface area contributed by atoms with E-state index in [1.54, 1.807) is 37.4 Å². The summed E-state index contributed by atoms with van der Waals surface area (Å²) in [6, 6.07) is 11.4. The zero-order valence-electron chi connectivity index (χ0n) is 15.3. The lowest BCUT2D eigenvalue weighted by Gasteiger charge is -2.12. The second-order valence-corrected chi connectivity index (χ2v) is 6.74. The van der Waals surface area contributed by atoms with E-state index < -0.39 is 6.03 Å². The molecule has 4 amide bonds. The van der Waals surface area contributed by atoms with Crippen molar-refractivity contribution in [1.82, 2.24) is 10.2 Å². The summed E-state index contributed by atoms with van der Waals surface area (Å²) >= 11 is 5.92. The molecule has 0 radical (unpaired) electrons. The first-order valence-corrected chi connectivity index (χ1v) is 9.16. The van der Waals surface area contributed by atoms with Crippen molar-refractivity contribution in [1.29, 1.82) is 0 Å². The smallest absolute Gasteiger partial charge is 0.319 e. The normalized spacial score (nSPS) is 12.9. The van der Waals surface area contributed by atoms with E-state index in [1.165, 1.54) is 11.0 Å². The maximum Gasteiger partial charge on any atom is 0.319 e. The number of nitrogens with zero attached hydrogens (tertiary/aromatic N) is 1. The second kappa shape index (κ2) is 8.86. The number of urea groups is 1. The number of halogens is 1. The van der Waals surface area contributed by atoms with Gasteiger partial charge in [0, 0.05) is 37.5 Å². The highest BCUT2D eigenvalue weighted by atomic mass is 35.5. The summed E-state index contributed by atoms with van der Waals surface area (Å²) in [6.07, 6.45) is 0.568. The number of benzene rings is 2. The molecule has 0 fully saturated rings. The molecule has 0 unspecified atom stereocenters. The van der Waals surface area contributed by atoms with Crippen molar-refractivity contribution in [2.45, 2.75) is 13.0 Å². The Hall–Kier alpha value is -2.90. The maximum absolute atomic E-state index is 12.5. The van der Waals surface area contributed by atoms with Gasteiger partial charge in [-0.15, -0.1) is 0 Å². The average Bonchev–Trinajstić information content (AvgIpc) is 2.91. The largest absolute Gasteiger partial charge is 0.385 e. The quantitative estimate of drug-likeness (QED) is 0.550. The maximum atomic E-state index is 12.5. The van der Waals surface area contributed by atoms with Crippen molar-refractivity contribution in [2.75, 3.05) is 25.6 Å². The number of fused-ring (bicyclic) bond motifs is 1. The van der Waals surface area contributed by atoms with E-state index in [2.05, 4.69) is 10.6 Å². The lowest BCUT2D eigenvalue weighted by atomic mass is 10.1. The lowest BCUT2D eigenvalue weighted by molar-refractivity contribution is 0.0638. The summed E-state index contributed by atoms with van der Waals surface area (Å²) in [5.41, 5.74) is 1.92. The van der Waals surface area contributed by atoms with Gasteiger partial charge in [-0.05, 0) is 42.3 Å². The van der Waals surface area contributed by atoms with Gasteiger partial charge in [-0.2, -0.15) is 0 Å². The van der Waals surface area contributed by atoms with Crippen LogP contribution in [0, 0.1) is 0 Å². The van der Waals surface area contributed by atoms with Gasteiger partial charge in [-0.25, -0.2) is 4.79 Å². The number of rotatable bonds is 7. The molecule has 1 heterocycles. The summed E-state index contributed by atoms with van der Waals surface area (Å²) < 4.78 is 4.96. The number of imide groups is 1. The molecule has 1 aliphatic heterocycles. The molecule has 8 heteroatoms. The van der Waals surface area contributed by atoms with Crippen LogP contribution >= 0.6 is 11.6 Å². The van der Waals surface area contributed by atoms with Gasteiger partial charge in [0.15, 0.2) is 0 Å². The number of ether oxygens (including phenoxy) is 1. The Kier molecular flexibility index (Phi) is 6.28. The number of amides is 4. The lowest BCUT2D eigenvalue weighted by Crippen LogP contribution is -2.31. The third-order valence-corrected chi connectivity index (χ3v) is 4.54. The average molecular weight is 402 g/mol. The summed E-state index contributed by atoms with van der Waals surface area (Å²) in [4.78, 5) is 38.2. The van der Waals surface area contributed by atoms with Crippen LogP contribution in [-0.4, -0.2) is 43.0 Å². The van der Waals surface area contributed by atoms with E-state index >= 15 is 0 Å². The molecule has 7 nitrogen and oxygen atoms in total. The summed E-state index contributed by atoms with van der Waals surface area (Å²) in [7, 11) is 1.57. The van der Waals surface area contributed by atoms with Crippen molar-refractivity contribution >= 4 is 35.1 Å². The molecule has 0 atom stereocenters. The van der Waals surface area contributed by atoms with E-state index in [0.717, 1.165) is 5.56 Å². The standard InChI is InChI=1S/C20H20ClN3O4/c1-28-9-3-8-24-18(25)16-7-6-15(11-17(16)19(24)26)23-20(27)22-12-13-4-2-5-14(21)10-13/h2,4-7,10-11H,3,8-9,12H2,1H3,(H2,22,23,27). The zero-order valence-corrected chi connectivity index (χ0v) is 16.1. The second-order valence-electron chi connectivity index (χ2n) is 6.31. The van der Waals surface area contributed by atoms with Crippen LogP contribution in [0.15, 0.2) is 42.5 Å². The first-order valence-electron chi connectivity index (χ1n) is 8.78. The van der Waals surface area contributed by atoms with Crippen molar-refractivity contribution in [2.24, 2.45) is 0 Å². The molecule has 2 aromatic rings. The molecule has 28 heavy (non-hydrogen) atoms. The molecule has 146 valence electrons. The molecule has 0 spiro atoms. The van der Waals surface area contributed by atoms with Crippen LogP contribution in [0.2, 0.25) is 5.02 Å². The van der Waals surface area contributed by atoms with E-state index in [4.69, 9.17) is 16.3 Å². The predicted octanol–water partition coefficient (Wildman–Crippen LogP) is 3.29. The highest BCUT2D eigenvalue weighted by Gasteiger charge is 2.35.